The van der Waals surface area contributed by atoms with Crippen LogP contribution in [0, 0.1) is 0 Å². The van der Waals surface area contributed by atoms with Gasteiger partial charge in [0.1, 0.15) is 0 Å². The molecule has 3 aromatic rings. The number of benzene rings is 2. The Labute approximate surface area is 157 Å². The molecule has 8 heteroatoms. The van der Waals surface area contributed by atoms with E-state index < -0.39 is 0 Å². The molecule has 0 aliphatic carbocycles. The molecule has 0 atom stereocenters. The fraction of sp³-hybridized carbons (Fsp3) is 0.0588. The summed E-state index contributed by atoms with van der Waals surface area (Å²) in [6, 6.07) is 10.3. The van der Waals surface area contributed by atoms with Gasteiger partial charge in [0.05, 0.1) is 16.3 Å². The van der Waals surface area contributed by atoms with Crippen LogP contribution >= 0.6 is 34.5 Å². The fourth-order valence-corrected chi connectivity index (χ4v) is 3.57. The number of nitrogens with one attached hydrogen (secondary N) is 1. The molecule has 0 unspecified atom stereocenters. The van der Waals surface area contributed by atoms with Crippen molar-refractivity contribution in [2.24, 2.45) is 0 Å². The van der Waals surface area contributed by atoms with Crippen LogP contribution in [0.5, 0.6) is 11.5 Å². The molecule has 0 spiro atoms. The summed E-state index contributed by atoms with van der Waals surface area (Å²) in [5.74, 6) is 1.06. The number of anilines is 1. The highest BCUT2D eigenvalue weighted by Crippen LogP contribution is 2.36. The van der Waals surface area contributed by atoms with Crippen molar-refractivity contribution in [1.29, 1.82) is 0 Å². The summed E-state index contributed by atoms with van der Waals surface area (Å²) in [4.78, 5) is 16.8. The van der Waals surface area contributed by atoms with E-state index in [1.165, 1.54) is 17.4 Å². The number of fused-ring (bicyclic) bond motifs is 1. The highest BCUT2D eigenvalue weighted by Gasteiger charge is 2.16. The van der Waals surface area contributed by atoms with E-state index in [0.717, 1.165) is 11.3 Å². The van der Waals surface area contributed by atoms with Crippen LogP contribution in [-0.4, -0.2) is 17.7 Å². The largest absolute Gasteiger partial charge is 0.454 e. The monoisotopic (exact) mass is 392 g/mol. The van der Waals surface area contributed by atoms with Crippen LogP contribution in [0.4, 0.5) is 5.13 Å². The van der Waals surface area contributed by atoms with Crippen LogP contribution in [0.1, 0.15) is 10.4 Å². The predicted molar refractivity (Wildman–Crippen MR) is 98.1 cm³/mol. The molecule has 1 aliphatic heterocycles. The summed E-state index contributed by atoms with van der Waals surface area (Å²) in [7, 11) is 0. The van der Waals surface area contributed by atoms with E-state index in [1.807, 2.05) is 23.6 Å². The van der Waals surface area contributed by atoms with Gasteiger partial charge >= 0.3 is 0 Å². The van der Waals surface area contributed by atoms with Crippen LogP contribution in [0.3, 0.4) is 0 Å². The zero-order valence-electron chi connectivity index (χ0n) is 12.6. The van der Waals surface area contributed by atoms with Gasteiger partial charge in [0.2, 0.25) is 6.79 Å². The van der Waals surface area contributed by atoms with E-state index in [1.54, 1.807) is 12.1 Å². The molecular weight excluding hydrogens is 383 g/mol. The lowest BCUT2D eigenvalue weighted by Gasteiger charge is -2.04. The van der Waals surface area contributed by atoms with Crippen molar-refractivity contribution in [3.05, 3.63) is 57.4 Å². The van der Waals surface area contributed by atoms with E-state index >= 15 is 0 Å². The standard InChI is InChI=1S/C17H10Cl2N2O3S/c18-10-2-3-11(12(19)6-10)16(22)21-17-20-13(7-25-17)9-1-4-14-15(5-9)24-8-23-14/h1-7H,8H2,(H,20,21,22). The lowest BCUT2D eigenvalue weighted by Crippen LogP contribution is -2.12. The Morgan fingerprint density at radius 3 is 2.80 bits per heavy atom. The van der Waals surface area contributed by atoms with Gasteiger partial charge in [-0.1, -0.05) is 23.2 Å². The predicted octanol–water partition coefficient (Wildman–Crippen LogP) is 5.10. The molecule has 1 aliphatic rings. The van der Waals surface area contributed by atoms with Crippen molar-refractivity contribution in [2.45, 2.75) is 0 Å². The van der Waals surface area contributed by atoms with Crippen molar-refractivity contribution in [3.63, 3.8) is 0 Å². The van der Waals surface area contributed by atoms with Gasteiger partial charge in [0, 0.05) is 16.0 Å². The quantitative estimate of drug-likeness (QED) is 0.673. The molecule has 1 N–H and O–H groups in total. The third-order valence-corrected chi connectivity index (χ3v) is 4.87. The van der Waals surface area contributed by atoms with E-state index in [2.05, 4.69) is 10.3 Å². The van der Waals surface area contributed by atoms with Crippen molar-refractivity contribution in [2.75, 3.05) is 12.1 Å². The second-order valence-corrected chi connectivity index (χ2v) is 6.89. The lowest BCUT2D eigenvalue weighted by molar-refractivity contribution is 0.102. The van der Waals surface area contributed by atoms with Gasteiger partial charge in [-0.3, -0.25) is 10.1 Å². The number of rotatable bonds is 3. The Morgan fingerprint density at radius 2 is 1.96 bits per heavy atom. The van der Waals surface area contributed by atoms with E-state index in [9.17, 15) is 4.79 Å². The van der Waals surface area contributed by atoms with Crippen LogP contribution in [-0.2, 0) is 0 Å². The summed E-state index contributed by atoms with van der Waals surface area (Å²) in [5.41, 5.74) is 1.96. The summed E-state index contributed by atoms with van der Waals surface area (Å²) in [5, 5.41) is 5.84. The molecule has 0 saturated carbocycles. The third kappa shape index (κ3) is 3.28. The van der Waals surface area contributed by atoms with Crippen molar-refractivity contribution in [1.82, 2.24) is 4.98 Å². The zero-order valence-corrected chi connectivity index (χ0v) is 14.9. The number of amides is 1. The first kappa shape index (κ1) is 16.2. The van der Waals surface area contributed by atoms with E-state index in [0.29, 0.717) is 27.2 Å². The number of nitrogens with zero attached hydrogens (tertiary/aromatic N) is 1. The molecule has 126 valence electrons. The molecule has 5 nitrogen and oxygen atoms in total. The van der Waals surface area contributed by atoms with Gasteiger partial charge < -0.3 is 9.47 Å². The Balaban J connectivity index is 1.54. The average Bonchev–Trinajstić information content (AvgIpc) is 3.22. The Morgan fingerprint density at radius 1 is 1.12 bits per heavy atom. The molecule has 0 saturated heterocycles. The van der Waals surface area contributed by atoms with Gasteiger partial charge in [-0.15, -0.1) is 11.3 Å². The Kier molecular flexibility index (Phi) is 4.25. The molecule has 0 bridgehead atoms. The number of halogens is 2. The molecule has 1 aromatic heterocycles. The van der Waals surface area contributed by atoms with Crippen molar-refractivity contribution < 1.29 is 14.3 Å². The van der Waals surface area contributed by atoms with Crippen LogP contribution in [0.2, 0.25) is 10.0 Å². The van der Waals surface area contributed by atoms with Gasteiger partial charge in [-0.05, 0) is 36.4 Å². The van der Waals surface area contributed by atoms with Crippen molar-refractivity contribution >= 4 is 45.6 Å². The van der Waals surface area contributed by atoms with Gasteiger partial charge in [0.25, 0.3) is 5.91 Å². The minimum atomic E-state index is -0.340. The summed E-state index contributed by atoms with van der Waals surface area (Å²) in [6.45, 7) is 0.221. The van der Waals surface area contributed by atoms with Gasteiger partial charge in [-0.2, -0.15) is 0 Å². The maximum atomic E-state index is 12.3. The molecule has 2 aromatic carbocycles. The maximum absolute atomic E-state index is 12.3. The highest BCUT2D eigenvalue weighted by atomic mass is 35.5. The molecule has 4 rings (SSSR count). The van der Waals surface area contributed by atoms with Gasteiger partial charge in [0.15, 0.2) is 16.6 Å². The minimum Gasteiger partial charge on any atom is -0.454 e. The topological polar surface area (TPSA) is 60.5 Å². The number of ether oxygens (including phenoxy) is 2. The third-order valence-electron chi connectivity index (χ3n) is 3.57. The maximum Gasteiger partial charge on any atom is 0.258 e. The molecule has 0 radical (unpaired) electrons. The number of hydrogen-bond acceptors (Lipinski definition) is 5. The van der Waals surface area contributed by atoms with Crippen molar-refractivity contribution in [3.8, 4) is 22.8 Å². The lowest BCUT2D eigenvalue weighted by atomic mass is 10.1. The van der Waals surface area contributed by atoms with Crippen LogP contribution < -0.4 is 14.8 Å². The minimum absolute atomic E-state index is 0.221. The fourth-order valence-electron chi connectivity index (χ4n) is 2.36. The molecule has 1 amide bonds. The first-order chi connectivity index (χ1) is 12.1. The second kappa shape index (κ2) is 6.55. The van der Waals surface area contributed by atoms with Gasteiger partial charge in [-0.25, -0.2) is 4.98 Å². The van der Waals surface area contributed by atoms with E-state index in [4.69, 9.17) is 32.7 Å². The zero-order chi connectivity index (χ0) is 17.4. The number of carbonyl (C=O) groups is 1. The van der Waals surface area contributed by atoms with E-state index in [-0.39, 0.29) is 17.7 Å². The molecule has 0 fully saturated rings. The Hall–Kier alpha value is -2.28. The number of carbonyl (C=O) groups excluding carboxylic acids is 1. The molecular formula is C17H10Cl2N2O3S. The number of thiazole rings is 1. The summed E-state index contributed by atoms with van der Waals surface area (Å²) < 4.78 is 10.7. The highest BCUT2D eigenvalue weighted by molar-refractivity contribution is 7.14. The molecule has 25 heavy (non-hydrogen) atoms. The summed E-state index contributed by atoms with van der Waals surface area (Å²) in [6.07, 6.45) is 0. The number of aromatic nitrogens is 1. The first-order valence-electron chi connectivity index (χ1n) is 7.22. The second-order valence-electron chi connectivity index (χ2n) is 5.18. The van der Waals surface area contributed by atoms with Crippen LogP contribution in [0.15, 0.2) is 41.8 Å². The SMILES string of the molecule is O=C(Nc1nc(-c2ccc3c(c2)OCO3)cs1)c1ccc(Cl)cc1Cl. The Bertz CT molecular complexity index is 974. The smallest absolute Gasteiger partial charge is 0.258 e. The van der Waals surface area contributed by atoms with Crippen LogP contribution in [0.25, 0.3) is 11.3 Å². The summed E-state index contributed by atoms with van der Waals surface area (Å²) >= 11 is 13.2. The number of hydrogen-bond donors (Lipinski definition) is 1. The average molecular weight is 393 g/mol. The molecule has 2 heterocycles. The first-order valence-corrected chi connectivity index (χ1v) is 8.86. The normalized spacial score (nSPS) is 12.2.